The van der Waals surface area contributed by atoms with Gasteiger partial charge >= 0.3 is 0 Å². The third-order valence-corrected chi connectivity index (χ3v) is 6.73. The van der Waals surface area contributed by atoms with E-state index < -0.39 is 23.1 Å². The summed E-state index contributed by atoms with van der Waals surface area (Å²) in [4.78, 5) is 17.9. The second-order valence-corrected chi connectivity index (χ2v) is 8.88. The van der Waals surface area contributed by atoms with Crippen molar-refractivity contribution < 1.29 is 13.6 Å². The van der Waals surface area contributed by atoms with Crippen molar-refractivity contribution in [1.82, 2.24) is 14.0 Å². The summed E-state index contributed by atoms with van der Waals surface area (Å²) in [5, 5.41) is 0.531. The standard InChI is InChI=1S/C26H21ClF2N4O/c1-12-8-19-24(31-14(3)32(19)4)22(27)21(12)16-6-5-7-33-20(9-13(2)25(16)33)26(34)15-10-17(28)23(30)18(29)11-15/h5-11H,30H2,1-4H3. The number of carbonyl (C=O) groups excluding carboxylic acids is 1. The molecule has 0 bridgehead atoms. The van der Waals surface area contributed by atoms with E-state index in [0.717, 1.165) is 51.2 Å². The number of pyridine rings is 1. The average Bonchev–Trinajstić information content (AvgIpc) is 3.28. The van der Waals surface area contributed by atoms with Crippen LogP contribution in [0, 0.1) is 32.4 Å². The smallest absolute Gasteiger partial charge is 0.209 e. The van der Waals surface area contributed by atoms with Crippen LogP contribution in [0.2, 0.25) is 5.02 Å². The molecule has 34 heavy (non-hydrogen) atoms. The second kappa shape index (κ2) is 7.67. The van der Waals surface area contributed by atoms with Crippen molar-refractivity contribution >= 4 is 39.6 Å². The predicted molar refractivity (Wildman–Crippen MR) is 131 cm³/mol. The van der Waals surface area contributed by atoms with Gasteiger partial charge in [0.05, 0.1) is 21.7 Å². The van der Waals surface area contributed by atoms with Crippen molar-refractivity contribution in [2.45, 2.75) is 20.8 Å². The van der Waals surface area contributed by atoms with Gasteiger partial charge in [0.15, 0.2) is 0 Å². The number of nitrogens with zero attached hydrogens (tertiary/aromatic N) is 3. The minimum Gasteiger partial charge on any atom is -0.394 e. The quantitative estimate of drug-likeness (QED) is 0.249. The van der Waals surface area contributed by atoms with Crippen molar-refractivity contribution in [1.29, 1.82) is 0 Å². The summed E-state index contributed by atoms with van der Waals surface area (Å²) in [5.74, 6) is -1.61. The minimum atomic E-state index is -0.969. The van der Waals surface area contributed by atoms with Crippen LogP contribution in [0.1, 0.15) is 33.0 Å². The molecule has 0 aliphatic carbocycles. The maximum atomic E-state index is 14.0. The molecule has 5 nitrogen and oxygen atoms in total. The third-order valence-electron chi connectivity index (χ3n) is 6.36. The van der Waals surface area contributed by atoms with Gasteiger partial charge in [-0.25, -0.2) is 13.8 Å². The first kappa shape index (κ1) is 22.1. The molecule has 0 saturated heterocycles. The van der Waals surface area contributed by atoms with E-state index in [-0.39, 0.29) is 11.3 Å². The number of hydrogen-bond acceptors (Lipinski definition) is 3. The van der Waals surface area contributed by atoms with E-state index >= 15 is 0 Å². The first-order valence-corrected chi connectivity index (χ1v) is 11.0. The van der Waals surface area contributed by atoms with Crippen LogP contribution in [0.4, 0.5) is 14.5 Å². The molecule has 3 heterocycles. The molecule has 0 aliphatic heterocycles. The van der Waals surface area contributed by atoms with Crippen molar-refractivity contribution in [3.63, 3.8) is 0 Å². The van der Waals surface area contributed by atoms with E-state index in [4.69, 9.17) is 17.3 Å². The Balaban J connectivity index is 1.75. The number of halogens is 3. The fourth-order valence-corrected chi connectivity index (χ4v) is 4.94. The van der Waals surface area contributed by atoms with E-state index in [1.807, 2.05) is 50.6 Å². The zero-order chi connectivity index (χ0) is 24.5. The van der Waals surface area contributed by atoms with Gasteiger partial charge in [0.25, 0.3) is 0 Å². The molecule has 0 atom stereocenters. The SMILES string of the molecule is Cc1cc2c(nc(C)n2C)c(Cl)c1-c1cccn2c(C(=O)c3cc(F)c(N)c(F)c3)cc(C)c12. The number of imidazole rings is 1. The Hall–Kier alpha value is -3.71. The van der Waals surface area contributed by atoms with Gasteiger partial charge < -0.3 is 14.7 Å². The molecule has 3 aromatic heterocycles. The Bertz CT molecular complexity index is 1640. The lowest BCUT2D eigenvalue weighted by Crippen LogP contribution is -2.08. The van der Waals surface area contributed by atoms with Gasteiger partial charge in [-0.2, -0.15) is 0 Å². The number of carbonyl (C=O) groups is 1. The highest BCUT2D eigenvalue weighted by molar-refractivity contribution is 6.38. The number of aromatic nitrogens is 3. The first-order valence-electron chi connectivity index (χ1n) is 10.6. The number of nitrogen functional groups attached to an aromatic ring is 1. The number of ketones is 1. The lowest BCUT2D eigenvalue weighted by atomic mass is 9.98. The van der Waals surface area contributed by atoms with Crippen molar-refractivity contribution in [3.8, 4) is 11.1 Å². The molecule has 0 fully saturated rings. The molecule has 172 valence electrons. The largest absolute Gasteiger partial charge is 0.394 e. The predicted octanol–water partition coefficient (Wildman–Crippen LogP) is 6.16. The first-order chi connectivity index (χ1) is 16.1. The fraction of sp³-hybridized carbons (Fsp3) is 0.154. The summed E-state index contributed by atoms with van der Waals surface area (Å²) >= 11 is 6.89. The lowest BCUT2D eigenvalue weighted by molar-refractivity contribution is 0.103. The van der Waals surface area contributed by atoms with Crippen LogP contribution in [-0.4, -0.2) is 19.7 Å². The van der Waals surface area contributed by atoms with Gasteiger partial charge in [-0.3, -0.25) is 4.79 Å². The highest BCUT2D eigenvalue weighted by Gasteiger charge is 2.23. The molecule has 0 saturated carbocycles. The molecule has 0 unspecified atom stereocenters. The number of anilines is 1. The molecular formula is C26H21ClF2N4O. The maximum absolute atomic E-state index is 14.0. The van der Waals surface area contributed by atoms with E-state index in [2.05, 4.69) is 4.98 Å². The zero-order valence-electron chi connectivity index (χ0n) is 19.0. The number of aryl methyl sites for hydroxylation is 4. The molecule has 2 aromatic carbocycles. The lowest BCUT2D eigenvalue weighted by Gasteiger charge is -2.13. The number of nitrogens with two attached hydrogens (primary N) is 1. The molecule has 0 aliphatic rings. The van der Waals surface area contributed by atoms with Crippen LogP contribution in [0.5, 0.6) is 0 Å². The average molecular weight is 479 g/mol. The summed E-state index contributed by atoms with van der Waals surface area (Å²) in [6, 6.07) is 9.42. The Morgan fingerprint density at radius 1 is 1.06 bits per heavy atom. The molecule has 0 radical (unpaired) electrons. The Labute approximate surface area is 199 Å². The van der Waals surface area contributed by atoms with E-state index in [0.29, 0.717) is 10.5 Å². The van der Waals surface area contributed by atoms with E-state index in [9.17, 15) is 13.6 Å². The van der Waals surface area contributed by atoms with Crippen molar-refractivity contribution in [3.05, 3.63) is 87.5 Å². The fourth-order valence-electron chi connectivity index (χ4n) is 4.55. The highest BCUT2D eigenvalue weighted by Crippen LogP contribution is 2.40. The Kier molecular flexibility index (Phi) is 4.98. The van der Waals surface area contributed by atoms with Gasteiger partial charge in [0, 0.05) is 29.9 Å². The normalized spacial score (nSPS) is 11.6. The molecule has 8 heteroatoms. The van der Waals surface area contributed by atoms with Crippen LogP contribution in [-0.2, 0) is 7.05 Å². The summed E-state index contributed by atoms with van der Waals surface area (Å²) in [7, 11) is 1.94. The topological polar surface area (TPSA) is 65.3 Å². The number of benzene rings is 2. The van der Waals surface area contributed by atoms with Gasteiger partial charge in [-0.15, -0.1) is 0 Å². The van der Waals surface area contributed by atoms with Crippen molar-refractivity contribution in [2.24, 2.45) is 7.05 Å². The Morgan fingerprint density at radius 3 is 2.41 bits per heavy atom. The number of fused-ring (bicyclic) bond motifs is 2. The van der Waals surface area contributed by atoms with Crippen LogP contribution in [0.25, 0.3) is 27.7 Å². The van der Waals surface area contributed by atoms with Gasteiger partial charge in [0.2, 0.25) is 5.78 Å². The minimum absolute atomic E-state index is 0.117. The summed E-state index contributed by atoms with van der Waals surface area (Å²) < 4.78 is 31.8. The third kappa shape index (κ3) is 3.11. The Morgan fingerprint density at radius 2 is 1.74 bits per heavy atom. The molecule has 5 aromatic rings. The van der Waals surface area contributed by atoms with E-state index in [1.54, 1.807) is 16.7 Å². The molecular weight excluding hydrogens is 458 g/mol. The molecule has 2 N–H and O–H groups in total. The van der Waals surface area contributed by atoms with Gasteiger partial charge in [-0.05, 0) is 62.2 Å². The molecule has 5 rings (SSSR count). The summed E-state index contributed by atoms with van der Waals surface area (Å²) in [6.07, 6.45) is 1.75. The summed E-state index contributed by atoms with van der Waals surface area (Å²) in [6.45, 7) is 5.78. The zero-order valence-corrected chi connectivity index (χ0v) is 19.8. The van der Waals surface area contributed by atoms with Crippen LogP contribution < -0.4 is 5.73 Å². The van der Waals surface area contributed by atoms with Crippen molar-refractivity contribution in [2.75, 3.05) is 5.73 Å². The molecule has 0 amide bonds. The van der Waals surface area contributed by atoms with Gasteiger partial charge in [-0.1, -0.05) is 17.7 Å². The molecule has 0 spiro atoms. The van der Waals surface area contributed by atoms with Crippen LogP contribution >= 0.6 is 11.6 Å². The maximum Gasteiger partial charge on any atom is 0.209 e. The van der Waals surface area contributed by atoms with Crippen LogP contribution in [0.3, 0.4) is 0 Å². The van der Waals surface area contributed by atoms with E-state index in [1.165, 1.54) is 0 Å². The second-order valence-electron chi connectivity index (χ2n) is 8.50. The highest BCUT2D eigenvalue weighted by atomic mass is 35.5. The number of rotatable bonds is 3. The monoisotopic (exact) mass is 478 g/mol. The number of hydrogen-bond donors (Lipinski definition) is 1. The van der Waals surface area contributed by atoms with Gasteiger partial charge in [0.1, 0.15) is 28.7 Å². The van der Waals surface area contributed by atoms with Crippen LogP contribution in [0.15, 0.2) is 42.6 Å². The summed E-state index contributed by atoms with van der Waals surface area (Å²) in [5.41, 5.74) is 10.8.